The quantitative estimate of drug-likeness (QED) is 0.343. The Morgan fingerprint density at radius 1 is 1.14 bits per heavy atom. The highest BCUT2D eigenvalue weighted by molar-refractivity contribution is 7.99. The fourth-order valence-corrected chi connectivity index (χ4v) is 3.09. The smallest absolute Gasteiger partial charge is 0.234 e. The molecule has 0 fully saturated rings. The highest BCUT2D eigenvalue weighted by Crippen LogP contribution is 2.41. The van der Waals surface area contributed by atoms with E-state index in [9.17, 15) is 9.90 Å². The lowest BCUT2D eigenvalue weighted by Crippen LogP contribution is -2.30. The first-order valence-electron chi connectivity index (χ1n) is 7.47. The van der Waals surface area contributed by atoms with Crippen LogP contribution in [0.1, 0.15) is 59.1 Å². The van der Waals surface area contributed by atoms with E-state index in [4.69, 9.17) is 5.84 Å². The lowest BCUT2D eigenvalue weighted by Gasteiger charge is -2.28. The zero-order chi connectivity index (χ0) is 17.1. The average molecular weight is 324 g/mol. The summed E-state index contributed by atoms with van der Waals surface area (Å²) in [5.74, 6) is 5.96. The summed E-state index contributed by atoms with van der Waals surface area (Å²) in [6, 6.07) is 4.05. The molecule has 0 atom stereocenters. The van der Waals surface area contributed by atoms with Crippen LogP contribution in [0.15, 0.2) is 17.0 Å². The molecule has 22 heavy (non-hydrogen) atoms. The number of hydrazine groups is 1. The van der Waals surface area contributed by atoms with E-state index in [1.54, 1.807) is 11.8 Å². The molecular weight excluding hydrogens is 296 g/mol. The van der Waals surface area contributed by atoms with Gasteiger partial charge >= 0.3 is 0 Å². The van der Waals surface area contributed by atoms with Gasteiger partial charge < -0.3 is 5.11 Å². The molecule has 1 amide bonds. The van der Waals surface area contributed by atoms with E-state index in [2.05, 4.69) is 47.0 Å². The molecule has 0 saturated heterocycles. The summed E-state index contributed by atoms with van der Waals surface area (Å²) in [7, 11) is 0. The van der Waals surface area contributed by atoms with Crippen LogP contribution in [-0.4, -0.2) is 16.8 Å². The van der Waals surface area contributed by atoms with Crippen molar-refractivity contribution in [1.29, 1.82) is 0 Å². The van der Waals surface area contributed by atoms with Crippen molar-refractivity contribution in [3.63, 3.8) is 0 Å². The second-order valence-corrected chi connectivity index (χ2v) is 8.70. The summed E-state index contributed by atoms with van der Waals surface area (Å²) >= 11 is 1.61. The Kier molecular flexibility index (Phi) is 5.93. The number of phenolic OH excluding ortho intramolecular Hbond substituents is 1. The van der Waals surface area contributed by atoms with Gasteiger partial charge in [-0.2, -0.15) is 0 Å². The van der Waals surface area contributed by atoms with Gasteiger partial charge in [-0.05, 0) is 23.0 Å². The summed E-state index contributed by atoms with van der Waals surface area (Å²) in [5.41, 5.74) is 3.72. The van der Waals surface area contributed by atoms with Gasteiger partial charge in [0.1, 0.15) is 5.75 Å². The summed E-state index contributed by atoms with van der Waals surface area (Å²) in [6.45, 7) is 12.5. The Balaban J connectivity index is 3.16. The van der Waals surface area contributed by atoms with Crippen molar-refractivity contribution in [1.82, 2.24) is 5.43 Å². The fourth-order valence-electron chi connectivity index (χ4n) is 2.17. The van der Waals surface area contributed by atoms with Crippen LogP contribution in [0, 0.1) is 0 Å². The molecule has 1 aromatic carbocycles. The molecule has 0 spiro atoms. The zero-order valence-electron chi connectivity index (χ0n) is 14.4. The van der Waals surface area contributed by atoms with Gasteiger partial charge in [0.15, 0.2) is 0 Å². The van der Waals surface area contributed by atoms with Gasteiger partial charge in [0.25, 0.3) is 0 Å². The Bertz CT molecular complexity index is 508. The molecule has 0 radical (unpaired) electrons. The maximum absolute atomic E-state index is 11.2. The fraction of sp³-hybridized carbons (Fsp3) is 0.588. The van der Waals surface area contributed by atoms with Gasteiger partial charge in [-0.25, -0.2) is 5.84 Å². The van der Waals surface area contributed by atoms with Crippen LogP contribution >= 0.6 is 11.8 Å². The summed E-state index contributed by atoms with van der Waals surface area (Å²) < 4.78 is 0. The molecule has 0 bridgehead atoms. The van der Waals surface area contributed by atoms with Crippen LogP contribution in [0.5, 0.6) is 5.75 Å². The molecule has 0 aromatic heterocycles. The number of hydrogen-bond acceptors (Lipinski definition) is 4. The van der Waals surface area contributed by atoms with Gasteiger partial charge in [-0.15, -0.1) is 11.8 Å². The van der Waals surface area contributed by atoms with E-state index in [-0.39, 0.29) is 16.7 Å². The molecule has 124 valence electrons. The van der Waals surface area contributed by atoms with Crippen molar-refractivity contribution >= 4 is 17.7 Å². The molecule has 0 aliphatic heterocycles. The van der Waals surface area contributed by atoms with Crippen LogP contribution in [0.25, 0.3) is 0 Å². The highest BCUT2D eigenvalue weighted by atomic mass is 32.2. The number of carbonyl (C=O) groups excluding carboxylic acids is 1. The van der Waals surface area contributed by atoms with E-state index >= 15 is 0 Å². The number of amides is 1. The molecule has 0 unspecified atom stereocenters. The molecule has 1 aromatic rings. The van der Waals surface area contributed by atoms with Crippen molar-refractivity contribution in [2.75, 3.05) is 5.75 Å². The maximum Gasteiger partial charge on any atom is 0.234 e. The molecule has 1 rings (SSSR count). The monoisotopic (exact) mass is 324 g/mol. The molecule has 0 aliphatic rings. The first kappa shape index (κ1) is 18.8. The third kappa shape index (κ3) is 4.92. The maximum atomic E-state index is 11.2. The standard InChI is InChI=1S/C17H28N2O2S/c1-16(2,3)12-9-11(22-8-7-14(20)19-18)10-13(15(12)21)17(4,5)6/h9-10,21H,7-8,18H2,1-6H3,(H,19,20). The number of hydrogen-bond donors (Lipinski definition) is 3. The Morgan fingerprint density at radius 2 is 1.59 bits per heavy atom. The molecule has 5 heteroatoms. The van der Waals surface area contributed by atoms with Crippen LogP contribution in [0.3, 0.4) is 0 Å². The number of aromatic hydroxyl groups is 1. The lowest BCUT2D eigenvalue weighted by molar-refractivity contribution is -0.120. The molecular formula is C17H28N2O2S. The van der Waals surface area contributed by atoms with Crippen LogP contribution in [0.4, 0.5) is 0 Å². The van der Waals surface area contributed by atoms with Crippen LogP contribution in [-0.2, 0) is 15.6 Å². The van der Waals surface area contributed by atoms with Gasteiger partial charge in [0, 0.05) is 28.2 Å². The van der Waals surface area contributed by atoms with Crippen molar-refractivity contribution in [2.24, 2.45) is 5.84 Å². The zero-order valence-corrected chi connectivity index (χ0v) is 15.2. The van der Waals surface area contributed by atoms with E-state index in [1.807, 2.05) is 12.1 Å². The van der Waals surface area contributed by atoms with Crippen LogP contribution in [0.2, 0.25) is 0 Å². The second kappa shape index (κ2) is 6.92. The van der Waals surface area contributed by atoms with Crippen LogP contribution < -0.4 is 11.3 Å². The Labute approximate surface area is 137 Å². The molecule has 0 aliphatic carbocycles. The molecule has 4 nitrogen and oxygen atoms in total. The SMILES string of the molecule is CC(C)(C)c1cc(SCCC(=O)NN)cc(C(C)(C)C)c1O. The van der Waals surface area contributed by atoms with E-state index in [1.165, 1.54) is 0 Å². The Morgan fingerprint density at radius 3 is 1.95 bits per heavy atom. The van der Waals surface area contributed by atoms with E-state index in [0.717, 1.165) is 16.0 Å². The molecule has 0 heterocycles. The minimum absolute atomic E-state index is 0.144. The largest absolute Gasteiger partial charge is 0.507 e. The summed E-state index contributed by atoms with van der Waals surface area (Å²) in [4.78, 5) is 12.3. The van der Waals surface area contributed by atoms with E-state index in [0.29, 0.717) is 17.9 Å². The number of thioether (sulfide) groups is 1. The third-order valence-electron chi connectivity index (χ3n) is 3.46. The van der Waals surface area contributed by atoms with Gasteiger partial charge in [0.2, 0.25) is 5.91 Å². The predicted molar refractivity (Wildman–Crippen MR) is 93.2 cm³/mol. The normalized spacial score (nSPS) is 12.3. The first-order valence-corrected chi connectivity index (χ1v) is 8.45. The van der Waals surface area contributed by atoms with Crippen molar-refractivity contribution in [3.05, 3.63) is 23.3 Å². The summed E-state index contributed by atoms with van der Waals surface area (Å²) in [6.07, 6.45) is 0.373. The van der Waals surface area contributed by atoms with Crippen molar-refractivity contribution in [2.45, 2.75) is 63.7 Å². The molecule has 4 N–H and O–H groups in total. The highest BCUT2D eigenvalue weighted by Gasteiger charge is 2.26. The topological polar surface area (TPSA) is 75.4 Å². The lowest BCUT2D eigenvalue weighted by atomic mass is 9.79. The number of rotatable bonds is 4. The minimum atomic E-state index is -0.168. The van der Waals surface area contributed by atoms with Crippen molar-refractivity contribution < 1.29 is 9.90 Å². The third-order valence-corrected chi connectivity index (χ3v) is 4.44. The minimum Gasteiger partial charge on any atom is -0.507 e. The number of nitrogens with one attached hydrogen (secondary N) is 1. The first-order chi connectivity index (χ1) is 9.96. The van der Waals surface area contributed by atoms with E-state index < -0.39 is 0 Å². The number of phenols is 1. The summed E-state index contributed by atoms with van der Waals surface area (Å²) in [5, 5.41) is 10.6. The molecule has 0 saturated carbocycles. The van der Waals surface area contributed by atoms with Gasteiger partial charge in [-0.1, -0.05) is 41.5 Å². The number of carbonyl (C=O) groups is 1. The predicted octanol–water partition coefficient (Wildman–Crippen LogP) is 3.46. The van der Waals surface area contributed by atoms with Crippen molar-refractivity contribution in [3.8, 4) is 5.75 Å². The van der Waals surface area contributed by atoms with Gasteiger partial charge in [-0.3, -0.25) is 10.2 Å². The average Bonchev–Trinajstić information content (AvgIpc) is 2.37. The Hall–Kier alpha value is -1.20. The number of nitrogens with two attached hydrogens (primary N) is 1. The number of benzene rings is 1. The van der Waals surface area contributed by atoms with Gasteiger partial charge in [0.05, 0.1) is 0 Å². The second-order valence-electron chi connectivity index (χ2n) is 7.53.